The largest absolute Gasteiger partial charge is 0.381 e. The minimum atomic E-state index is 0.403. The Bertz CT molecular complexity index is 1240. The van der Waals surface area contributed by atoms with Crippen LogP contribution in [0.4, 0.5) is 0 Å². The summed E-state index contributed by atoms with van der Waals surface area (Å²) in [5.74, 6) is 1.52. The number of benzene rings is 1. The Balaban J connectivity index is 1.36. The van der Waals surface area contributed by atoms with Crippen LogP contribution in [0, 0.1) is 13.8 Å². The Morgan fingerprint density at radius 3 is 2.72 bits per heavy atom. The van der Waals surface area contributed by atoms with Crippen molar-refractivity contribution in [3.05, 3.63) is 70.1 Å². The third-order valence-corrected chi connectivity index (χ3v) is 6.15. The van der Waals surface area contributed by atoms with Crippen molar-refractivity contribution in [1.29, 1.82) is 0 Å². The molecule has 0 N–H and O–H groups in total. The van der Waals surface area contributed by atoms with Crippen molar-refractivity contribution in [2.24, 2.45) is 0 Å². The smallest absolute Gasteiger partial charge is 0.278 e. The predicted octanol–water partition coefficient (Wildman–Crippen LogP) is 5.21. The fraction of sp³-hybridized carbons (Fsp3) is 0.333. The molecule has 5 rings (SSSR count). The molecule has 0 bridgehead atoms. The van der Waals surface area contributed by atoms with Crippen LogP contribution in [0.3, 0.4) is 0 Å². The number of nitrogens with zero attached hydrogens (tertiary/aromatic N) is 5. The molecule has 4 heterocycles. The van der Waals surface area contributed by atoms with Crippen LogP contribution in [0.25, 0.3) is 23.0 Å². The molecular formula is C24H24ClN5O2. The Morgan fingerprint density at radius 2 is 1.94 bits per heavy atom. The van der Waals surface area contributed by atoms with Crippen LogP contribution < -0.4 is 0 Å². The number of aromatic nitrogens is 5. The summed E-state index contributed by atoms with van der Waals surface area (Å²) in [6, 6.07) is 12.1. The van der Waals surface area contributed by atoms with Crippen molar-refractivity contribution in [1.82, 2.24) is 24.9 Å². The number of hydrogen-bond donors (Lipinski definition) is 0. The van der Waals surface area contributed by atoms with Gasteiger partial charge in [-0.1, -0.05) is 28.9 Å². The Morgan fingerprint density at radius 1 is 1.09 bits per heavy atom. The van der Waals surface area contributed by atoms with Gasteiger partial charge in [-0.25, -0.2) is 4.98 Å². The van der Waals surface area contributed by atoms with Gasteiger partial charge in [0.15, 0.2) is 5.69 Å². The fourth-order valence-corrected chi connectivity index (χ4v) is 4.41. The molecule has 164 valence electrons. The summed E-state index contributed by atoms with van der Waals surface area (Å²) >= 11 is 6.00. The number of pyridine rings is 1. The highest BCUT2D eigenvalue weighted by Gasteiger charge is 2.20. The molecule has 1 aliphatic heterocycles. The zero-order chi connectivity index (χ0) is 22.1. The Kier molecular flexibility index (Phi) is 5.76. The SMILES string of the molecule is Cc1cc(-c2noc(-c3cc(C)n(Cc4ccnc(Cl)c4)n3)n2)ccc1C1CCOCC1. The minimum absolute atomic E-state index is 0.403. The van der Waals surface area contributed by atoms with Crippen molar-refractivity contribution in [2.75, 3.05) is 13.2 Å². The van der Waals surface area contributed by atoms with Gasteiger partial charge in [0.2, 0.25) is 5.82 Å². The lowest BCUT2D eigenvalue weighted by Gasteiger charge is -2.24. The maximum atomic E-state index is 6.00. The van der Waals surface area contributed by atoms with E-state index in [0.717, 1.165) is 42.9 Å². The van der Waals surface area contributed by atoms with Crippen LogP contribution in [0.1, 0.15) is 41.1 Å². The van der Waals surface area contributed by atoms with E-state index >= 15 is 0 Å². The van der Waals surface area contributed by atoms with Crippen molar-refractivity contribution in [3.63, 3.8) is 0 Å². The molecule has 0 atom stereocenters. The highest BCUT2D eigenvalue weighted by atomic mass is 35.5. The molecule has 32 heavy (non-hydrogen) atoms. The number of halogens is 1. The van der Waals surface area contributed by atoms with Crippen molar-refractivity contribution < 1.29 is 9.26 Å². The topological polar surface area (TPSA) is 78.9 Å². The van der Waals surface area contributed by atoms with E-state index in [1.807, 2.05) is 29.8 Å². The molecule has 8 heteroatoms. The molecule has 1 fully saturated rings. The lowest BCUT2D eigenvalue weighted by molar-refractivity contribution is 0.0852. The van der Waals surface area contributed by atoms with Gasteiger partial charge in [0.25, 0.3) is 5.89 Å². The van der Waals surface area contributed by atoms with Gasteiger partial charge in [0, 0.05) is 30.7 Å². The van der Waals surface area contributed by atoms with Crippen LogP contribution in [-0.2, 0) is 11.3 Å². The molecule has 1 saturated heterocycles. The van der Waals surface area contributed by atoms with E-state index in [-0.39, 0.29) is 0 Å². The Hall–Kier alpha value is -3.03. The maximum Gasteiger partial charge on any atom is 0.278 e. The highest BCUT2D eigenvalue weighted by molar-refractivity contribution is 6.29. The first-order chi connectivity index (χ1) is 15.6. The first kappa shape index (κ1) is 20.8. The third kappa shape index (κ3) is 4.31. The molecule has 4 aromatic rings. The van der Waals surface area contributed by atoms with E-state index in [9.17, 15) is 0 Å². The van der Waals surface area contributed by atoms with Crippen LogP contribution >= 0.6 is 11.6 Å². The van der Waals surface area contributed by atoms with Gasteiger partial charge in [-0.05, 0) is 73.6 Å². The molecule has 1 aromatic carbocycles. The summed E-state index contributed by atoms with van der Waals surface area (Å²) in [6.45, 7) is 6.39. The summed E-state index contributed by atoms with van der Waals surface area (Å²) in [5, 5.41) is 9.31. The highest BCUT2D eigenvalue weighted by Crippen LogP contribution is 2.32. The number of aryl methyl sites for hydroxylation is 2. The van der Waals surface area contributed by atoms with Crippen molar-refractivity contribution in [2.45, 2.75) is 39.2 Å². The normalized spacial score (nSPS) is 14.7. The first-order valence-electron chi connectivity index (χ1n) is 10.7. The monoisotopic (exact) mass is 449 g/mol. The van der Waals surface area contributed by atoms with Gasteiger partial charge < -0.3 is 9.26 Å². The van der Waals surface area contributed by atoms with E-state index in [2.05, 4.69) is 45.3 Å². The van der Waals surface area contributed by atoms with Crippen LogP contribution in [0.2, 0.25) is 5.15 Å². The third-order valence-electron chi connectivity index (χ3n) is 5.94. The minimum Gasteiger partial charge on any atom is -0.381 e. The second-order valence-electron chi connectivity index (χ2n) is 8.20. The van der Waals surface area contributed by atoms with Gasteiger partial charge in [-0.2, -0.15) is 10.1 Å². The fourth-order valence-electron chi connectivity index (χ4n) is 4.21. The molecule has 3 aromatic heterocycles. The van der Waals surface area contributed by atoms with Gasteiger partial charge >= 0.3 is 0 Å². The Labute approximate surface area is 191 Å². The number of rotatable bonds is 5. The molecule has 0 saturated carbocycles. The zero-order valence-electron chi connectivity index (χ0n) is 18.1. The summed E-state index contributed by atoms with van der Waals surface area (Å²) in [5.41, 5.74) is 6.23. The van der Waals surface area contributed by atoms with Crippen LogP contribution in [-0.4, -0.2) is 38.1 Å². The van der Waals surface area contributed by atoms with Gasteiger partial charge in [-0.15, -0.1) is 0 Å². The molecule has 0 radical (unpaired) electrons. The number of hydrogen-bond acceptors (Lipinski definition) is 6. The second-order valence-corrected chi connectivity index (χ2v) is 8.58. The quantitative estimate of drug-likeness (QED) is 0.389. The average molecular weight is 450 g/mol. The molecule has 0 aliphatic carbocycles. The predicted molar refractivity (Wildman–Crippen MR) is 122 cm³/mol. The number of ether oxygens (including phenoxy) is 1. The van der Waals surface area contributed by atoms with Gasteiger partial charge in [-0.3, -0.25) is 4.68 Å². The molecular weight excluding hydrogens is 426 g/mol. The van der Waals surface area contributed by atoms with E-state index in [1.165, 1.54) is 11.1 Å². The molecule has 1 aliphatic rings. The van der Waals surface area contributed by atoms with Crippen molar-refractivity contribution >= 4 is 11.6 Å². The molecule has 0 spiro atoms. The van der Waals surface area contributed by atoms with E-state index in [1.54, 1.807) is 6.20 Å². The maximum absolute atomic E-state index is 6.00. The lowest BCUT2D eigenvalue weighted by Crippen LogP contribution is -2.14. The van der Waals surface area contributed by atoms with Crippen molar-refractivity contribution in [3.8, 4) is 23.0 Å². The van der Waals surface area contributed by atoms with Crippen LogP contribution in [0.5, 0.6) is 0 Å². The first-order valence-corrected chi connectivity index (χ1v) is 11.1. The average Bonchev–Trinajstić information content (AvgIpc) is 3.42. The summed E-state index contributed by atoms with van der Waals surface area (Å²) < 4.78 is 12.9. The summed E-state index contributed by atoms with van der Waals surface area (Å²) in [6.07, 6.45) is 3.83. The zero-order valence-corrected chi connectivity index (χ0v) is 18.8. The van der Waals surface area contributed by atoms with E-state index in [4.69, 9.17) is 20.9 Å². The molecule has 0 unspecified atom stereocenters. The summed E-state index contributed by atoms with van der Waals surface area (Å²) in [4.78, 5) is 8.63. The molecule has 7 nitrogen and oxygen atoms in total. The lowest BCUT2D eigenvalue weighted by atomic mass is 9.88. The standard InChI is InChI=1S/C24H24ClN5O2/c1-15-11-19(3-4-20(15)18-6-9-31-10-7-18)23-27-24(32-29-23)21-12-16(2)30(28-21)14-17-5-8-26-22(25)13-17/h3-5,8,11-13,18H,6-7,9-10,14H2,1-2H3. The van der Waals surface area contributed by atoms with Crippen LogP contribution in [0.15, 0.2) is 47.1 Å². The summed E-state index contributed by atoms with van der Waals surface area (Å²) in [7, 11) is 0. The van der Waals surface area contributed by atoms with Gasteiger partial charge in [0.1, 0.15) is 5.15 Å². The second kappa shape index (κ2) is 8.84. The van der Waals surface area contributed by atoms with E-state index in [0.29, 0.717) is 35.0 Å². The van der Waals surface area contributed by atoms with E-state index < -0.39 is 0 Å². The molecule has 0 amide bonds. The van der Waals surface area contributed by atoms with Gasteiger partial charge in [0.05, 0.1) is 6.54 Å².